The van der Waals surface area contributed by atoms with E-state index in [0.29, 0.717) is 0 Å². The van der Waals surface area contributed by atoms with Gasteiger partial charge in [-0.1, -0.05) is 188 Å². The van der Waals surface area contributed by atoms with Gasteiger partial charge in [0.15, 0.2) is 5.82 Å². The van der Waals surface area contributed by atoms with Crippen LogP contribution in [-0.4, -0.2) is 9.97 Å². The Morgan fingerprint density at radius 1 is 0.306 bits per heavy atom. The Morgan fingerprint density at radius 3 is 1.24 bits per heavy atom. The van der Waals surface area contributed by atoms with Crippen molar-refractivity contribution in [1.82, 2.24) is 9.97 Å². The van der Waals surface area contributed by atoms with Crippen LogP contribution in [0.3, 0.4) is 0 Å². The molecule has 0 bridgehead atoms. The lowest BCUT2D eigenvalue weighted by atomic mass is 9.67. The van der Waals surface area contributed by atoms with Gasteiger partial charge < -0.3 is 0 Å². The molecular formula is C47H32N2. The molecule has 49 heavy (non-hydrogen) atoms. The van der Waals surface area contributed by atoms with Crippen LogP contribution in [0.15, 0.2) is 194 Å². The van der Waals surface area contributed by atoms with Gasteiger partial charge in [-0.15, -0.1) is 0 Å². The first kappa shape index (κ1) is 28.8. The molecule has 1 heterocycles. The number of benzene rings is 7. The van der Waals surface area contributed by atoms with E-state index in [1.807, 2.05) is 36.4 Å². The van der Waals surface area contributed by atoms with Crippen LogP contribution >= 0.6 is 0 Å². The lowest BCUT2D eigenvalue weighted by Crippen LogP contribution is -2.28. The lowest BCUT2D eigenvalue weighted by molar-refractivity contribution is 0.768. The first-order valence-corrected chi connectivity index (χ1v) is 16.8. The van der Waals surface area contributed by atoms with E-state index < -0.39 is 5.41 Å². The van der Waals surface area contributed by atoms with Gasteiger partial charge in [-0.3, -0.25) is 0 Å². The minimum absolute atomic E-state index is 0.392. The molecule has 1 aliphatic carbocycles. The summed E-state index contributed by atoms with van der Waals surface area (Å²) in [6.45, 7) is 0. The molecule has 0 fully saturated rings. The molecule has 0 aliphatic heterocycles. The predicted octanol–water partition coefficient (Wildman–Crippen LogP) is 11.5. The summed E-state index contributed by atoms with van der Waals surface area (Å²) < 4.78 is 0. The molecule has 230 valence electrons. The molecule has 0 saturated carbocycles. The van der Waals surface area contributed by atoms with Crippen molar-refractivity contribution < 1.29 is 0 Å². The van der Waals surface area contributed by atoms with Gasteiger partial charge in [-0.05, 0) is 50.6 Å². The third-order valence-electron chi connectivity index (χ3n) is 9.82. The maximum atomic E-state index is 5.02. The SMILES string of the molecule is c1ccc(-c2cc(-c3ccc(-c4ccc(C5(c6ccccc6)c6ccccc6-c6ccccc65)cc4)cc3)nc(-c3ccccc3)n2)cc1. The smallest absolute Gasteiger partial charge is 0.160 e. The van der Waals surface area contributed by atoms with E-state index in [0.717, 1.165) is 39.5 Å². The van der Waals surface area contributed by atoms with Crippen molar-refractivity contribution in [2.45, 2.75) is 5.41 Å². The Morgan fingerprint density at radius 2 is 0.694 bits per heavy atom. The minimum atomic E-state index is -0.392. The second kappa shape index (κ2) is 12.0. The summed E-state index contributed by atoms with van der Waals surface area (Å²) in [5, 5.41) is 0. The molecule has 0 saturated heterocycles. The average Bonchev–Trinajstić information content (AvgIpc) is 3.50. The highest BCUT2D eigenvalue weighted by Crippen LogP contribution is 2.56. The summed E-state index contributed by atoms with van der Waals surface area (Å²) in [6.07, 6.45) is 0. The predicted molar refractivity (Wildman–Crippen MR) is 201 cm³/mol. The van der Waals surface area contributed by atoms with E-state index in [1.165, 1.54) is 38.9 Å². The molecule has 9 rings (SSSR count). The number of hydrogen-bond donors (Lipinski definition) is 0. The van der Waals surface area contributed by atoms with Gasteiger partial charge in [0.1, 0.15) is 0 Å². The van der Waals surface area contributed by atoms with E-state index in [4.69, 9.17) is 9.97 Å². The van der Waals surface area contributed by atoms with E-state index in [9.17, 15) is 0 Å². The topological polar surface area (TPSA) is 25.8 Å². The van der Waals surface area contributed by atoms with Crippen molar-refractivity contribution in [2.75, 3.05) is 0 Å². The van der Waals surface area contributed by atoms with Crippen molar-refractivity contribution in [3.8, 4) is 56.2 Å². The van der Waals surface area contributed by atoms with Gasteiger partial charge >= 0.3 is 0 Å². The average molecular weight is 625 g/mol. The molecule has 1 aromatic heterocycles. The van der Waals surface area contributed by atoms with Gasteiger partial charge in [0.05, 0.1) is 16.8 Å². The molecule has 2 heteroatoms. The zero-order valence-corrected chi connectivity index (χ0v) is 26.9. The summed E-state index contributed by atoms with van der Waals surface area (Å²) in [7, 11) is 0. The van der Waals surface area contributed by atoms with Crippen molar-refractivity contribution in [2.24, 2.45) is 0 Å². The Labute approximate surface area is 287 Å². The second-order valence-electron chi connectivity index (χ2n) is 12.6. The van der Waals surface area contributed by atoms with Crippen molar-refractivity contribution in [3.63, 3.8) is 0 Å². The fourth-order valence-electron chi connectivity index (χ4n) is 7.53. The quantitative estimate of drug-likeness (QED) is 0.184. The summed E-state index contributed by atoms with van der Waals surface area (Å²) in [5.74, 6) is 0.721. The van der Waals surface area contributed by atoms with Crippen molar-refractivity contribution >= 4 is 0 Å². The van der Waals surface area contributed by atoms with Crippen LogP contribution in [0.1, 0.15) is 22.3 Å². The first-order valence-electron chi connectivity index (χ1n) is 16.8. The Kier molecular flexibility index (Phi) is 7.06. The van der Waals surface area contributed by atoms with Crippen LogP contribution in [0.2, 0.25) is 0 Å². The summed E-state index contributed by atoms with van der Waals surface area (Å²) in [4.78, 5) is 9.97. The number of fused-ring (bicyclic) bond motifs is 3. The zero-order valence-electron chi connectivity index (χ0n) is 26.9. The van der Waals surface area contributed by atoms with E-state index in [-0.39, 0.29) is 0 Å². The molecule has 0 spiro atoms. The Hall–Kier alpha value is -6.38. The van der Waals surface area contributed by atoms with Crippen LogP contribution in [-0.2, 0) is 5.41 Å². The van der Waals surface area contributed by atoms with E-state index in [1.54, 1.807) is 0 Å². The maximum Gasteiger partial charge on any atom is 0.160 e. The van der Waals surface area contributed by atoms with E-state index in [2.05, 4.69) is 158 Å². The Bertz CT molecular complexity index is 2290. The van der Waals surface area contributed by atoms with Crippen LogP contribution < -0.4 is 0 Å². The number of rotatable bonds is 6. The number of nitrogens with zero attached hydrogens (tertiary/aromatic N) is 2. The third kappa shape index (κ3) is 4.89. The normalized spacial score (nSPS) is 12.7. The summed E-state index contributed by atoms with van der Waals surface area (Å²) in [5.41, 5.74) is 14.7. The fourth-order valence-corrected chi connectivity index (χ4v) is 7.53. The molecule has 0 unspecified atom stereocenters. The molecule has 1 aliphatic rings. The van der Waals surface area contributed by atoms with Crippen molar-refractivity contribution in [1.29, 1.82) is 0 Å². The number of hydrogen-bond acceptors (Lipinski definition) is 2. The lowest BCUT2D eigenvalue weighted by Gasteiger charge is -2.34. The summed E-state index contributed by atoms with van der Waals surface area (Å²) in [6, 6.07) is 69.2. The highest BCUT2D eigenvalue weighted by atomic mass is 14.9. The largest absolute Gasteiger partial charge is 0.228 e. The monoisotopic (exact) mass is 624 g/mol. The third-order valence-corrected chi connectivity index (χ3v) is 9.82. The van der Waals surface area contributed by atoms with E-state index >= 15 is 0 Å². The van der Waals surface area contributed by atoms with Crippen LogP contribution in [0.4, 0.5) is 0 Å². The van der Waals surface area contributed by atoms with Gasteiger partial charge in [-0.25, -0.2) is 9.97 Å². The van der Waals surface area contributed by atoms with Crippen LogP contribution in [0.25, 0.3) is 56.2 Å². The van der Waals surface area contributed by atoms with Gasteiger partial charge in [0, 0.05) is 16.7 Å². The molecule has 0 atom stereocenters. The van der Waals surface area contributed by atoms with Crippen LogP contribution in [0.5, 0.6) is 0 Å². The Balaban J connectivity index is 1.10. The molecule has 7 aromatic carbocycles. The van der Waals surface area contributed by atoms with Gasteiger partial charge in [0.2, 0.25) is 0 Å². The molecule has 0 radical (unpaired) electrons. The van der Waals surface area contributed by atoms with Crippen LogP contribution in [0, 0.1) is 0 Å². The first-order chi connectivity index (χ1) is 24.3. The molecule has 2 nitrogen and oxygen atoms in total. The molecule has 0 amide bonds. The summed E-state index contributed by atoms with van der Waals surface area (Å²) >= 11 is 0. The van der Waals surface area contributed by atoms with Crippen molar-refractivity contribution in [3.05, 3.63) is 216 Å². The highest BCUT2D eigenvalue weighted by Gasteiger charge is 2.45. The fraction of sp³-hybridized carbons (Fsp3) is 0.0213. The molecule has 0 N–H and O–H groups in total. The van der Waals surface area contributed by atoms with Gasteiger partial charge in [-0.2, -0.15) is 0 Å². The minimum Gasteiger partial charge on any atom is -0.228 e. The maximum absolute atomic E-state index is 5.02. The molecule has 8 aromatic rings. The molecular weight excluding hydrogens is 593 g/mol. The zero-order chi connectivity index (χ0) is 32.6. The van der Waals surface area contributed by atoms with Gasteiger partial charge in [0.25, 0.3) is 0 Å². The highest BCUT2D eigenvalue weighted by molar-refractivity contribution is 5.86. The standard InChI is InChI=1S/C47H32N2/c1-4-14-35(15-5-1)44-32-45(49-46(48-44)37-16-6-2-7-17-37)36-26-24-33(25-27-36)34-28-30-39(31-29-34)47(38-18-8-3-9-19-38)42-22-12-10-20-40(42)41-21-11-13-23-43(41)47/h1-32H. The number of aromatic nitrogens is 2. The second-order valence-corrected chi connectivity index (χ2v) is 12.6.